The molecule has 1 aliphatic carbocycles. The van der Waals surface area contributed by atoms with Crippen LogP contribution in [0.3, 0.4) is 0 Å². The van der Waals surface area contributed by atoms with Crippen molar-refractivity contribution in [2.24, 2.45) is 5.92 Å². The molecule has 1 heterocycles. The van der Waals surface area contributed by atoms with E-state index < -0.39 is 0 Å². The number of hydrogen-bond donors (Lipinski definition) is 2. The maximum absolute atomic E-state index is 9.82. The first-order chi connectivity index (χ1) is 9.24. The van der Waals surface area contributed by atoms with Crippen LogP contribution < -0.4 is 10.2 Å². The van der Waals surface area contributed by atoms with Crippen molar-refractivity contribution < 1.29 is 5.11 Å². The summed E-state index contributed by atoms with van der Waals surface area (Å²) in [6.07, 6.45) is 4.70. The van der Waals surface area contributed by atoms with E-state index in [1.807, 2.05) is 0 Å². The van der Waals surface area contributed by atoms with Crippen molar-refractivity contribution in [1.82, 2.24) is 5.32 Å². The van der Waals surface area contributed by atoms with Gasteiger partial charge in [-0.05, 0) is 48.8 Å². The molecule has 3 nitrogen and oxygen atoms in total. The molecule has 1 aliphatic heterocycles. The lowest BCUT2D eigenvalue weighted by Crippen LogP contribution is -2.28. The Morgan fingerprint density at radius 3 is 3.05 bits per heavy atom. The van der Waals surface area contributed by atoms with E-state index in [0.29, 0.717) is 5.92 Å². The van der Waals surface area contributed by atoms with Gasteiger partial charge in [-0.1, -0.05) is 12.1 Å². The van der Waals surface area contributed by atoms with Crippen molar-refractivity contribution >= 4 is 5.69 Å². The first-order valence-electron chi connectivity index (χ1n) is 7.46. The Kier molecular flexibility index (Phi) is 3.76. The first-order valence-corrected chi connectivity index (χ1v) is 7.46. The molecule has 0 bridgehead atoms. The van der Waals surface area contributed by atoms with Gasteiger partial charge in [0.1, 0.15) is 0 Å². The minimum absolute atomic E-state index is 0.149. The van der Waals surface area contributed by atoms with E-state index in [2.05, 4.69) is 35.5 Å². The van der Waals surface area contributed by atoms with Crippen LogP contribution in [0.2, 0.25) is 0 Å². The molecule has 1 saturated carbocycles. The number of aryl methyl sites for hydroxylation is 1. The number of benzene rings is 1. The fraction of sp³-hybridized carbons (Fsp3) is 0.625. The summed E-state index contributed by atoms with van der Waals surface area (Å²) in [4.78, 5) is 2.34. The van der Waals surface area contributed by atoms with Crippen LogP contribution in [0.4, 0.5) is 5.69 Å². The van der Waals surface area contributed by atoms with Gasteiger partial charge in [0.25, 0.3) is 0 Å². The molecule has 1 unspecified atom stereocenters. The second kappa shape index (κ2) is 5.51. The highest BCUT2D eigenvalue weighted by molar-refractivity contribution is 5.56. The molecule has 0 spiro atoms. The van der Waals surface area contributed by atoms with Crippen molar-refractivity contribution in [2.75, 3.05) is 25.0 Å². The third-order valence-corrected chi connectivity index (χ3v) is 4.34. The highest BCUT2D eigenvalue weighted by Gasteiger charge is 2.29. The minimum atomic E-state index is -0.149. The Bertz CT molecular complexity index is 442. The topological polar surface area (TPSA) is 35.5 Å². The molecule has 2 aliphatic rings. The Morgan fingerprint density at radius 2 is 2.26 bits per heavy atom. The maximum Gasteiger partial charge on any atom is 0.0692 e. The average Bonchev–Trinajstić information content (AvgIpc) is 3.23. The SMILES string of the molecule is CN1CCCc2cc(CNCC(O)C3CC3)ccc21. The van der Waals surface area contributed by atoms with Gasteiger partial charge >= 0.3 is 0 Å². The van der Waals surface area contributed by atoms with E-state index in [0.717, 1.165) is 19.6 Å². The van der Waals surface area contributed by atoms with Crippen molar-refractivity contribution in [1.29, 1.82) is 0 Å². The summed E-state index contributed by atoms with van der Waals surface area (Å²) in [6.45, 7) is 2.75. The average molecular weight is 260 g/mol. The molecule has 1 atom stereocenters. The lowest BCUT2D eigenvalue weighted by molar-refractivity contribution is 0.148. The third-order valence-electron chi connectivity index (χ3n) is 4.34. The van der Waals surface area contributed by atoms with Gasteiger partial charge in [0.15, 0.2) is 0 Å². The number of aliphatic hydroxyl groups is 1. The predicted octanol–water partition coefficient (Wildman–Crippen LogP) is 1.93. The summed E-state index contributed by atoms with van der Waals surface area (Å²) in [6, 6.07) is 6.77. The van der Waals surface area contributed by atoms with Crippen molar-refractivity contribution in [3.63, 3.8) is 0 Å². The quantitative estimate of drug-likeness (QED) is 0.849. The predicted molar refractivity (Wildman–Crippen MR) is 78.5 cm³/mol. The molecule has 2 N–H and O–H groups in total. The van der Waals surface area contributed by atoms with E-state index in [1.165, 1.54) is 42.5 Å². The zero-order chi connectivity index (χ0) is 13.2. The molecular formula is C16H24N2O. The zero-order valence-corrected chi connectivity index (χ0v) is 11.7. The summed E-state index contributed by atoms with van der Waals surface area (Å²) < 4.78 is 0. The van der Waals surface area contributed by atoms with Gasteiger partial charge in [-0.15, -0.1) is 0 Å². The summed E-state index contributed by atoms with van der Waals surface area (Å²) in [5.74, 6) is 0.560. The Labute approximate surface area is 115 Å². The molecule has 3 heteroatoms. The molecule has 1 aromatic carbocycles. The van der Waals surface area contributed by atoms with Crippen molar-refractivity contribution in [3.8, 4) is 0 Å². The second-order valence-corrected chi connectivity index (χ2v) is 6.02. The first kappa shape index (κ1) is 12.9. The lowest BCUT2D eigenvalue weighted by atomic mass is 9.99. The second-order valence-electron chi connectivity index (χ2n) is 6.02. The van der Waals surface area contributed by atoms with Gasteiger partial charge in [-0.2, -0.15) is 0 Å². The van der Waals surface area contributed by atoms with E-state index in [-0.39, 0.29) is 6.10 Å². The molecule has 0 radical (unpaired) electrons. The van der Waals surface area contributed by atoms with Crippen molar-refractivity contribution in [2.45, 2.75) is 38.3 Å². The van der Waals surface area contributed by atoms with E-state index in [4.69, 9.17) is 0 Å². The number of aliphatic hydroxyl groups excluding tert-OH is 1. The van der Waals surface area contributed by atoms with Gasteiger partial charge in [-0.25, -0.2) is 0 Å². The minimum Gasteiger partial charge on any atom is -0.392 e. The number of hydrogen-bond acceptors (Lipinski definition) is 3. The fourth-order valence-electron chi connectivity index (χ4n) is 2.96. The molecule has 104 valence electrons. The van der Waals surface area contributed by atoms with Gasteiger partial charge in [0.2, 0.25) is 0 Å². The van der Waals surface area contributed by atoms with Crippen LogP contribution in [-0.4, -0.2) is 31.3 Å². The van der Waals surface area contributed by atoms with Crippen LogP contribution in [0, 0.1) is 5.92 Å². The summed E-state index contributed by atoms with van der Waals surface area (Å²) >= 11 is 0. The van der Waals surface area contributed by atoms with E-state index in [9.17, 15) is 5.11 Å². The molecule has 0 saturated heterocycles. The monoisotopic (exact) mass is 260 g/mol. The molecule has 1 aromatic rings. The largest absolute Gasteiger partial charge is 0.392 e. The van der Waals surface area contributed by atoms with Crippen molar-refractivity contribution in [3.05, 3.63) is 29.3 Å². The Morgan fingerprint density at radius 1 is 1.42 bits per heavy atom. The Balaban J connectivity index is 1.56. The highest BCUT2D eigenvalue weighted by Crippen LogP contribution is 2.32. The third kappa shape index (κ3) is 3.10. The smallest absolute Gasteiger partial charge is 0.0692 e. The van der Waals surface area contributed by atoms with Gasteiger partial charge < -0.3 is 15.3 Å². The van der Waals surface area contributed by atoms with Gasteiger partial charge in [0.05, 0.1) is 6.10 Å². The molecule has 0 aromatic heterocycles. The summed E-state index contributed by atoms with van der Waals surface area (Å²) in [5.41, 5.74) is 4.18. The highest BCUT2D eigenvalue weighted by atomic mass is 16.3. The Hall–Kier alpha value is -1.06. The van der Waals surface area contributed by atoms with Crippen LogP contribution in [0.25, 0.3) is 0 Å². The van der Waals surface area contributed by atoms with Crippen LogP contribution >= 0.6 is 0 Å². The van der Waals surface area contributed by atoms with Gasteiger partial charge in [-0.3, -0.25) is 0 Å². The van der Waals surface area contributed by atoms with E-state index in [1.54, 1.807) is 0 Å². The summed E-state index contributed by atoms with van der Waals surface area (Å²) in [5, 5.41) is 13.2. The van der Waals surface area contributed by atoms with Gasteiger partial charge in [0, 0.05) is 32.4 Å². The molecule has 1 fully saturated rings. The molecular weight excluding hydrogens is 236 g/mol. The van der Waals surface area contributed by atoms with Crippen LogP contribution in [-0.2, 0) is 13.0 Å². The van der Waals surface area contributed by atoms with Crippen LogP contribution in [0.5, 0.6) is 0 Å². The van der Waals surface area contributed by atoms with Crippen LogP contribution in [0.15, 0.2) is 18.2 Å². The fourth-order valence-corrected chi connectivity index (χ4v) is 2.96. The zero-order valence-electron chi connectivity index (χ0n) is 11.7. The number of nitrogens with zero attached hydrogens (tertiary/aromatic N) is 1. The number of nitrogens with one attached hydrogen (secondary N) is 1. The number of fused-ring (bicyclic) bond motifs is 1. The summed E-state index contributed by atoms with van der Waals surface area (Å²) in [7, 11) is 2.17. The molecule has 3 rings (SSSR count). The van der Waals surface area contributed by atoms with E-state index >= 15 is 0 Å². The lowest BCUT2D eigenvalue weighted by Gasteiger charge is -2.27. The number of anilines is 1. The molecule has 0 amide bonds. The standard InChI is InChI=1S/C16H24N2O/c1-18-8-2-3-14-9-12(4-7-15(14)18)10-17-11-16(19)13-5-6-13/h4,7,9,13,16-17,19H,2-3,5-6,8,10-11H2,1H3. The molecule has 19 heavy (non-hydrogen) atoms. The normalized spacial score (nSPS) is 20.2. The maximum atomic E-state index is 9.82. The number of rotatable bonds is 5. The van der Waals surface area contributed by atoms with Crippen LogP contribution in [0.1, 0.15) is 30.4 Å².